The van der Waals surface area contributed by atoms with Gasteiger partial charge in [-0.3, -0.25) is 0 Å². The Morgan fingerprint density at radius 1 is 0.815 bits per heavy atom. The Kier molecular flexibility index (Phi) is 7.40. The first-order chi connectivity index (χ1) is 12.8. The van der Waals surface area contributed by atoms with Crippen LogP contribution in [0.2, 0.25) is 0 Å². The molecule has 0 nitrogen and oxygen atoms in total. The van der Waals surface area contributed by atoms with E-state index < -0.39 is 0 Å². The lowest BCUT2D eigenvalue weighted by Crippen LogP contribution is -2.41. The summed E-state index contributed by atoms with van der Waals surface area (Å²) in [6.45, 7) is 12.7. The van der Waals surface area contributed by atoms with Gasteiger partial charge in [0.15, 0.2) is 0 Å². The van der Waals surface area contributed by atoms with Crippen LogP contribution < -0.4 is 0 Å². The fraction of sp³-hybridized carbons (Fsp3) is 1.00. The first-order valence-corrected chi connectivity index (χ1v) is 12.8. The predicted octanol–water partition coefficient (Wildman–Crippen LogP) is 9.03. The zero-order valence-corrected chi connectivity index (χ0v) is 19.5. The van der Waals surface area contributed by atoms with E-state index in [-0.39, 0.29) is 0 Å². The van der Waals surface area contributed by atoms with Crippen LogP contribution in [-0.4, -0.2) is 0 Å². The molecule has 3 aliphatic carbocycles. The number of rotatable bonds is 8. The van der Waals surface area contributed by atoms with Crippen LogP contribution in [0.15, 0.2) is 0 Å². The second kappa shape index (κ2) is 9.21. The highest BCUT2D eigenvalue weighted by molar-refractivity contribution is 4.97. The molecular weight excluding hydrogens is 324 g/mol. The average molecular weight is 375 g/mol. The van der Waals surface area contributed by atoms with Crippen LogP contribution in [0.3, 0.4) is 0 Å². The molecule has 0 aliphatic heterocycles. The van der Waals surface area contributed by atoms with E-state index >= 15 is 0 Å². The molecule has 0 bridgehead atoms. The van der Waals surface area contributed by atoms with Gasteiger partial charge in [-0.15, -0.1) is 0 Å². The largest absolute Gasteiger partial charge is 0.0628 e. The van der Waals surface area contributed by atoms with E-state index in [1.807, 2.05) is 0 Å². The third-order valence-corrected chi connectivity index (χ3v) is 9.84. The van der Waals surface area contributed by atoms with Crippen molar-refractivity contribution in [3.8, 4) is 0 Å². The topological polar surface area (TPSA) is 0 Å². The smallest absolute Gasteiger partial charge is 0.0269 e. The van der Waals surface area contributed by atoms with Crippen molar-refractivity contribution in [2.75, 3.05) is 0 Å². The Morgan fingerprint density at radius 2 is 1.59 bits per heavy atom. The van der Waals surface area contributed by atoms with Crippen molar-refractivity contribution >= 4 is 0 Å². The normalized spacial score (nSPS) is 40.9. The van der Waals surface area contributed by atoms with E-state index in [1.165, 1.54) is 77.0 Å². The second-order valence-corrected chi connectivity index (χ2v) is 12.1. The SMILES string of the molecule is CC(C)CCCC(C)C1CCCC1(C)CCC1CCCC2CCCCC21C. The number of fused-ring (bicyclic) bond motifs is 1. The molecule has 0 spiro atoms. The van der Waals surface area contributed by atoms with Gasteiger partial charge >= 0.3 is 0 Å². The second-order valence-electron chi connectivity index (χ2n) is 12.1. The Hall–Kier alpha value is 0. The highest BCUT2D eigenvalue weighted by atomic mass is 14.5. The summed E-state index contributed by atoms with van der Waals surface area (Å²) < 4.78 is 0. The lowest BCUT2D eigenvalue weighted by molar-refractivity contribution is -0.0118. The van der Waals surface area contributed by atoms with Gasteiger partial charge in [-0.2, -0.15) is 0 Å². The molecule has 0 aromatic carbocycles. The molecule has 3 aliphatic rings. The molecule has 3 saturated carbocycles. The predicted molar refractivity (Wildman–Crippen MR) is 120 cm³/mol. The molecule has 0 heterocycles. The van der Waals surface area contributed by atoms with E-state index in [2.05, 4.69) is 34.6 Å². The molecule has 0 heteroatoms. The fourth-order valence-corrected chi connectivity index (χ4v) is 7.95. The minimum atomic E-state index is 0.648. The molecule has 3 rings (SSSR count). The maximum absolute atomic E-state index is 2.70. The summed E-state index contributed by atoms with van der Waals surface area (Å²) >= 11 is 0. The summed E-state index contributed by atoms with van der Waals surface area (Å²) in [6, 6.07) is 0. The quantitative estimate of drug-likeness (QED) is 0.397. The van der Waals surface area contributed by atoms with Crippen LogP contribution in [0.25, 0.3) is 0 Å². The summed E-state index contributed by atoms with van der Waals surface area (Å²) in [5.41, 5.74) is 1.35. The van der Waals surface area contributed by atoms with Crippen molar-refractivity contribution in [1.82, 2.24) is 0 Å². The van der Waals surface area contributed by atoms with Gasteiger partial charge in [0, 0.05) is 0 Å². The van der Waals surface area contributed by atoms with Crippen LogP contribution in [0.4, 0.5) is 0 Å². The molecule has 0 radical (unpaired) electrons. The minimum absolute atomic E-state index is 0.648. The zero-order valence-electron chi connectivity index (χ0n) is 19.5. The Balaban J connectivity index is 1.56. The lowest BCUT2D eigenvalue weighted by Gasteiger charge is -2.51. The average Bonchev–Trinajstić information content (AvgIpc) is 3.01. The van der Waals surface area contributed by atoms with Gasteiger partial charge in [-0.25, -0.2) is 0 Å². The van der Waals surface area contributed by atoms with Gasteiger partial charge in [0.1, 0.15) is 0 Å². The molecular formula is C27H50. The summed E-state index contributed by atoms with van der Waals surface area (Å²) in [7, 11) is 0. The van der Waals surface area contributed by atoms with Crippen molar-refractivity contribution in [3.63, 3.8) is 0 Å². The third-order valence-electron chi connectivity index (χ3n) is 9.84. The van der Waals surface area contributed by atoms with Gasteiger partial charge in [0.2, 0.25) is 0 Å². The van der Waals surface area contributed by atoms with Crippen molar-refractivity contribution in [2.24, 2.45) is 40.4 Å². The molecule has 158 valence electrons. The molecule has 6 atom stereocenters. The molecule has 0 N–H and O–H groups in total. The Morgan fingerprint density at radius 3 is 2.37 bits per heavy atom. The lowest BCUT2D eigenvalue weighted by atomic mass is 9.54. The van der Waals surface area contributed by atoms with Gasteiger partial charge in [0.05, 0.1) is 0 Å². The molecule has 0 saturated heterocycles. The molecule has 3 fully saturated rings. The van der Waals surface area contributed by atoms with Crippen molar-refractivity contribution in [3.05, 3.63) is 0 Å². The number of hydrogen-bond acceptors (Lipinski definition) is 0. The molecule has 0 amide bonds. The van der Waals surface area contributed by atoms with Gasteiger partial charge in [-0.05, 0) is 91.8 Å². The van der Waals surface area contributed by atoms with Gasteiger partial charge in [-0.1, -0.05) is 79.6 Å². The summed E-state index contributed by atoms with van der Waals surface area (Å²) in [5.74, 6) is 4.92. The van der Waals surface area contributed by atoms with Gasteiger partial charge in [0.25, 0.3) is 0 Å². The highest BCUT2D eigenvalue weighted by Gasteiger charge is 2.46. The first-order valence-electron chi connectivity index (χ1n) is 12.8. The first kappa shape index (κ1) is 21.7. The van der Waals surface area contributed by atoms with E-state index in [0.29, 0.717) is 10.8 Å². The van der Waals surface area contributed by atoms with E-state index in [4.69, 9.17) is 0 Å². The van der Waals surface area contributed by atoms with E-state index in [0.717, 1.165) is 29.6 Å². The molecule has 6 unspecified atom stereocenters. The van der Waals surface area contributed by atoms with Gasteiger partial charge < -0.3 is 0 Å². The molecule has 27 heavy (non-hydrogen) atoms. The zero-order chi connectivity index (χ0) is 19.5. The molecule has 0 aromatic heterocycles. The summed E-state index contributed by atoms with van der Waals surface area (Å²) in [6.07, 6.45) is 22.7. The van der Waals surface area contributed by atoms with Crippen LogP contribution in [0, 0.1) is 40.4 Å². The van der Waals surface area contributed by atoms with Crippen molar-refractivity contribution in [1.29, 1.82) is 0 Å². The van der Waals surface area contributed by atoms with Crippen molar-refractivity contribution in [2.45, 2.75) is 131 Å². The van der Waals surface area contributed by atoms with Crippen LogP contribution >= 0.6 is 0 Å². The van der Waals surface area contributed by atoms with Crippen LogP contribution in [0.5, 0.6) is 0 Å². The standard InChI is InChI=1S/C27H50/c1-21(2)11-8-12-22(3)25-16-10-18-26(25,4)20-17-24-15-9-14-23-13-6-7-19-27(23,24)5/h21-25H,6-20H2,1-5H3. The maximum atomic E-state index is 2.70. The van der Waals surface area contributed by atoms with E-state index in [9.17, 15) is 0 Å². The summed E-state index contributed by atoms with van der Waals surface area (Å²) in [4.78, 5) is 0. The molecule has 0 aromatic rings. The Labute approximate surface area is 171 Å². The van der Waals surface area contributed by atoms with E-state index in [1.54, 1.807) is 19.3 Å². The van der Waals surface area contributed by atoms with Crippen molar-refractivity contribution < 1.29 is 0 Å². The summed E-state index contributed by atoms with van der Waals surface area (Å²) in [5, 5.41) is 0. The monoisotopic (exact) mass is 374 g/mol. The minimum Gasteiger partial charge on any atom is -0.0628 e. The third kappa shape index (κ3) is 4.95. The van der Waals surface area contributed by atoms with Crippen LogP contribution in [-0.2, 0) is 0 Å². The maximum Gasteiger partial charge on any atom is -0.0269 e. The van der Waals surface area contributed by atoms with Crippen LogP contribution in [0.1, 0.15) is 131 Å². The highest BCUT2D eigenvalue weighted by Crippen LogP contribution is 2.57. The Bertz CT molecular complexity index is 449. The fourth-order valence-electron chi connectivity index (χ4n) is 7.95. The number of hydrogen-bond donors (Lipinski definition) is 0.